The average molecular weight is 240 g/mol. The molecule has 0 heterocycles. The second kappa shape index (κ2) is 5.56. The summed E-state index contributed by atoms with van der Waals surface area (Å²) in [6, 6.07) is 7.11. The van der Waals surface area contributed by atoms with Crippen LogP contribution in [0, 0.1) is 0 Å². The molecule has 4 heteroatoms. The first-order valence-electron chi connectivity index (χ1n) is 4.96. The van der Waals surface area contributed by atoms with Crippen molar-refractivity contribution in [2.45, 2.75) is 13.8 Å². The van der Waals surface area contributed by atoms with Crippen LogP contribution in [0.5, 0.6) is 0 Å². The third-order valence-corrected chi connectivity index (χ3v) is 2.48. The smallest absolute Gasteiger partial charge is 0.335 e. The molecule has 2 N–H and O–H groups in total. The molecule has 1 aromatic carbocycles. The summed E-state index contributed by atoms with van der Waals surface area (Å²) >= 11 is 5.98. The molecule has 0 bridgehead atoms. The molecule has 0 aliphatic rings. The van der Waals surface area contributed by atoms with Crippen LogP contribution in [0.3, 0.4) is 0 Å². The Kier molecular flexibility index (Phi) is 4.38. The zero-order chi connectivity index (χ0) is 12.1. The quantitative estimate of drug-likeness (QED) is 0.652. The van der Waals surface area contributed by atoms with Crippen molar-refractivity contribution in [2.75, 3.05) is 6.61 Å². The molecule has 0 aliphatic carbocycles. The summed E-state index contributed by atoms with van der Waals surface area (Å²) in [5.41, 5.74) is 7.23. The lowest BCUT2D eigenvalue weighted by molar-refractivity contribution is -0.138. The monoisotopic (exact) mass is 239 g/mol. The van der Waals surface area contributed by atoms with Gasteiger partial charge in [0.2, 0.25) is 0 Å². The number of ether oxygens (including phenoxy) is 1. The molecule has 0 saturated carbocycles. The van der Waals surface area contributed by atoms with E-state index in [-0.39, 0.29) is 0 Å². The van der Waals surface area contributed by atoms with Crippen LogP contribution in [0.15, 0.2) is 29.8 Å². The molecule has 0 spiro atoms. The number of carbonyl (C=O) groups excluding carboxylic acids is 1. The van der Waals surface area contributed by atoms with Crippen molar-refractivity contribution >= 4 is 23.3 Å². The zero-order valence-corrected chi connectivity index (χ0v) is 10.0. The van der Waals surface area contributed by atoms with E-state index in [0.29, 0.717) is 28.5 Å². The standard InChI is InChI=1S/C12H14ClNO2/c1-3-16-12(15)8(2)11(14)9-6-4-5-7-10(9)13/h4-7H,3,14H2,1-2H3. The van der Waals surface area contributed by atoms with Crippen LogP contribution < -0.4 is 5.73 Å². The molecule has 3 nitrogen and oxygen atoms in total. The van der Waals surface area contributed by atoms with Gasteiger partial charge < -0.3 is 10.5 Å². The lowest BCUT2D eigenvalue weighted by Crippen LogP contribution is -2.11. The number of rotatable bonds is 3. The summed E-state index contributed by atoms with van der Waals surface area (Å²) in [5, 5.41) is 0.517. The maximum absolute atomic E-state index is 11.5. The molecule has 0 aromatic heterocycles. The third-order valence-electron chi connectivity index (χ3n) is 2.15. The minimum absolute atomic E-state index is 0.325. The lowest BCUT2D eigenvalue weighted by atomic mass is 10.1. The topological polar surface area (TPSA) is 52.3 Å². The SMILES string of the molecule is CCOC(=O)C(C)=C(N)c1ccccc1Cl. The van der Waals surface area contributed by atoms with Gasteiger partial charge in [-0.15, -0.1) is 0 Å². The van der Waals surface area contributed by atoms with Crippen molar-refractivity contribution in [2.24, 2.45) is 5.73 Å². The van der Waals surface area contributed by atoms with Gasteiger partial charge in [-0.3, -0.25) is 0 Å². The Hall–Kier alpha value is -1.48. The van der Waals surface area contributed by atoms with E-state index in [1.165, 1.54) is 0 Å². The fraction of sp³-hybridized carbons (Fsp3) is 0.250. The van der Waals surface area contributed by atoms with Gasteiger partial charge in [-0.25, -0.2) is 4.79 Å². The molecule has 0 unspecified atom stereocenters. The fourth-order valence-electron chi connectivity index (χ4n) is 1.23. The predicted octanol–water partition coefficient (Wildman–Crippen LogP) is 2.59. The van der Waals surface area contributed by atoms with Gasteiger partial charge in [0.15, 0.2) is 0 Å². The number of esters is 1. The van der Waals surface area contributed by atoms with Gasteiger partial charge in [0.1, 0.15) is 0 Å². The molecule has 0 atom stereocenters. The fourth-order valence-corrected chi connectivity index (χ4v) is 1.47. The maximum Gasteiger partial charge on any atom is 0.335 e. The molecule has 0 radical (unpaired) electrons. The summed E-state index contributed by atoms with van der Waals surface area (Å²) in [4.78, 5) is 11.5. The highest BCUT2D eigenvalue weighted by molar-refractivity contribution is 6.32. The first-order valence-corrected chi connectivity index (χ1v) is 5.34. The highest BCUT2D eigenvalue weighted by Gasteiger charge is 2.12. The van der Waals surface area contributed by atoms with E-state index >= 15 is 0 Å². The zero-order valence-electron chi connectivity index (χ0n) is 9.29. The van der Waals surface area contributed by atoms with E-state index in [4.69, 9.17) is 22.1 Å². The average Bonchev–Trinajstić information content (AvgIpc) is 2.28. The Morgan fingerprint density at radius 1 is 1.44 bits per heavy atom. The van der Waals surface area contributed by atoms with Crippen LogP contribution >= 0.6 is 11.6 Å². The van der Waals surface area contributed by atoms with Gasteiger partial charge in [-0.05, 0) is 19.9 Å². The first kappa shape index (κ1) is 12.6. The summed E-state index contributed by atoms with van der Waals surface area (Å²) in [7, 11) is 0. The number of hydrogen-bond acceptors (Lipinski definition) is 3. The Morgan fingerprint density at radius 3 is 2.62 bits per heavy atom. The number of nitrogens with two attached hydrogens (primary N) is 1. The second-order valence-electron chi connectivity index (χ2n) is 3.24. The Labute approximate surface area is 99.8 Å². The van der Waals surface area contributed by atoms with Crippen LogP contribution in [-0.4, -0.2) is 12.6 Å². The lowest BCUT2D eigenvalue weighted by Gasteiger charge is -2.08. The van der Waals surface area contributed by atoms with Crippen LogP contribution in [0.1, 0.15) is 19.4 Å². The van der Waals surface area contributed by atoms with Crippen LogP contribution in [0.2, 0.25) is 5.02 Å². The van der Waals surface area contributed by atoms with Gasteiger partial charge in [0.05, 0.1) is 17.9 Å². The van der Waals surface area contributed by atoms with Crippen molar-refractivity contribution in [3.05, 3.63) is 40.4 Å². The Morgan fingerprint density at radius 2 is 2.06 bits per heavy atom. The second-order valence-corrected chi connectivity index (χ2v) is 3.65. The summed E-state index contributed by atoms with van der Waals surface area (Å²) in [6.45, 7) is 3.69. The van der Waals surface area contributed by atoms with Crippen molar-refractivity contribution in [1.29, 1.82) is 0 Å². The van der Waals surface area contributed by atoms with E-state index in [2.05, 4.69) is 0 Å². The van der Waals surface area contributed by atoms with E-state index in [9.17, 15) is 4.79 Å². The molecule has 1 aromatic rings. The molecule has 0 amide bonds. The molecule has 0 aliphatic heterocycles. The minimum Gasteiger partial charge on any atom is -0.463 e. The van der Waals surface area contributed by atoms with E-state index in [0.717, 1.165) is 0 Å². The molecular formula is C12H14ClNO2. The van der Waals surface area contributed by atoms with Crippen molar-refractivity contribution in [3.63, 3.8) is 0 Å². The third kappa shape index (κ3) is 2.76. The Balaban J connectivity index is 3.09. The van der Waals surface area contributed by atoms with E-state index in [1.54, 1.807) is 32.0 Å². The molecule has 0 fully saturated rings. The van der Waals surface area contributed by atoms with Gasteiger partial charge in [0, 0.05) is 10.6 Å². The van der Waals surface area contributed by atoms with Crippen molar-refractivity contribution in [3.8, 4) is 0 Å². The highest BCUT2D eigenvalue weighted by atomic mass is 35.5. The first-order chi connectivity index (χ1) is 7.57. The number of carbonyl (C=O) groups is 1. The van der Waals surface area contributed by atoms with Gasteiger partial charge in [-0.1, -0.05) is 29.8 Å². The van der Waals surface area contributed by atoms with Crippen LogP contribution in [-0.2, 0) is 9.53 Å². The minimum atomic E-state index is -0.417. The van der Waals surface area contributed by atoms with Gasteiger partial charge in [-0.2, -0.15) is 0 Å². The molecule has 1 rings (SSSR count). The van der Waals surface area contributed by atoms with Crippen molar-refractivity contribution in [1.82, 2.24) is 0 Å². The van der Waals surface area contributed by atoms with Gasteiger partial charge in [0.25, 0.3) is 0 Å². The molecule has 0 saturated heterocycles. The summed E-state index contributed by atoms with van der Waals surface area (Å²) in [5.74, 6) is -0.417. The number of benzene rings is 1. The van der Waals surface area contributed by atoms with E-state index in [1.807, 2.05) is 6.07 Å². The van der Waals surface area contributed by atoms with E-state index < -0.39 is 5.97 Å². The Bertz CT molecular complexity index is 427. The highest BCUT2D eigenvalue weighted by Crippen LogP contribution is 2.22. The predicted molar refractivity (Wildman–Crippen MR) is 64.9 cm³/mol. The largest absolute Gasteiger partial charge is 0.463 e. The van der Waals surface area contributed by atoms with Crippen LogP contribution in [0.25, 0.3) is 5.70 Å². The maximum atomic E-state index is 11.5. The molecule has 16 heavy (non-hydrogen) atoms. The van der Waals surface area contributed by atoms with Crippen molar-refractivity contribution < 1.29 is 9.53 Å². The van der Waals surface area contributed by atoms with Gasteiger partial charge >= 0.3 is 5.97 Å². The molecule has 86 valence electrons. The summed E-state index contributed by atoms with van der Waals surface area (Å²) < 4.78 is 4.87. The number of hydrogen-bond donors (Lipinski definition) is 1. The number of halogens is 1. The summed E-state index contributed by atoms with van der Waals surface area (Å²) in [6.07, 6.45) is 0. The molecular weight excluding hydrogens is 226 g/mol. The normalized spacial score (nSPS) is 11.9. The van der Waals surface area contributed by atoms with Crippen LogP contribution in [0.4, 0.5) is 0 Å².